The summed E-state index contributed by atoms with van der Waals surface area (Å²) >= 11 is 0. The number of benzene rings is 1. The summed E-state index contributed by atoms with van der Waals surface area (Å²) in [4.78, 5) is 22.3. The fraction of sp³-hybridized carbons (Fsp3) is 0.368. The Bertz CT molecular complexity index is 1040. The molecule has 29 heavy (non-hydrogen) atoms. The minimum atomic E-state index is -0.937. The highest BCUT2D eigenvalue weighted by Crippen LogP contribution is 2.34. The second kappa shape index (κ2) is 8.08. The van der Waals surface area contributed by atoms with Gasteiger partial charge >= 0.3 is 0 Å². The van der Waals surface area contributed by atoms with E-state index in [0.29, 0.717) is 29.0 Å². The summed E-state index contributed by atoms with van der Waals surface area (Å²) in [5, 5.41) is 10.3. The smallest absolute Gasteiger partial charge is 0.250 e. The summed E-state index contributed by atoms with van der Waals surface area (Å²) < 4.78 is 32.2. The average Bonchev–Trinajstić information content (AvgIpc) is 3.17. The molecule has 1 saturated heterocycles. The maximum atomic E-state index is 13.8. The van der Waals surface area contributed by atoms with E-state index in [4.69, 9.17) is 4.74 Å². The molecule has 0 unspecified atom stereocenters. The largest absolute Gasteiger partial charge is 0.375 e. The molecule has 152 valence electrons. The van der Waals surface area contributed by atoms with Crippen LogP contribution in [0.25, 0.3) is 10.9 Å². The SMILES string of the molecule is COCC(=O)Nc1cn[nH]c1[C@H]1CCCN(c2ncnc3cc(F)c(F)cc23)C1. The third-order valence-corrected chi connectivity index (χ3v) is 5.00. The number of amides is 1. The fourth-order valence-corrected chi connectivity index (χ4v) is 3.72. The van der Waals surface area contributed by atoms with Crippen LogP contribution in [0.3, 0.4) is 0 Å². The second-order valence-electron chi connectivity index (χ2n) is 6.94. The Morgan fingerprint density at radius 1 is 1.34 bits per heavy atom. The summed E-state index contributed by atoms with van der Waals surface area (Å²) in [6, 6.07) is 2.21. The Morgan fingerprint density at radius 3 is 3.00 bits per heavy atom. The van der Waals surface area contributed by atoms with Crippen molar-refractivity contribution in [2.24, 2.45) is 0 Å². The highest BCUT2D eigenvalue weighted by atomic mass is 19.2. The van der Waals surface area contributed by atoms with Crippen LogP contribution < -0.4 is 10.2 Å². The third-order valence-electron chi connectivity index (χ3n) is 5.00. The number of nitrogens with zero attached hydrogens (tertiary/aromatic N) is 4. The third kappa shape index (κ3) is 3.88. The molecule has 0 bridgehead atoms. The van der Waals surface area contributed by atoms with Gasteiger partial charge in [-0.15, -0.1) is 0 Å². The Labute approximate surface area is 165 Å². The summed E-state index contributed by atoms with van der Waals surface area (Å²) in [5.41, 5.74) is 1.78. The molecule has 0 radical (unpaired) electrons. The molecule has 3 heterocycles. The van der Waals surface area contributed by atoms with E-state index in [-0.39, 0.29) is 18.4 Å². The highest BCUT2D eigenvalue weighted by molar-refractivity contribution is 5.92. The van der Waals surface area contributed by atoms with Gasteiger partial charge in [0.05, 0.1) is 23.1 Å². The first-order valence-corrected chi connectivity index (χ1v) is 9.23. The first kappa shape index (κ1) is 19.2. The predicted molar refractivity (Wildman–Crippen MR) is 103 cm³/mol. The van der Waals surface area contributed by atoms with Crippen LogP contribution in [-0.4, -0.2) is 52.9 Å². The van der Waals surface area contributed by atoms with Crippen molar-refractivity contribution in [3.05, 3.63) is 42.0 Å². The molecule has 0 spiro atoms. The van der Waals surface area contributed by atoms with Crippen LogP contribution in [0.2, 0.25) is 0 Å². The standard InChI is InChI=1S/C19H20F2N6O2/c1-29-9-17(28)25-16-7-24-26-18(16)11-3-2-4-27(8-11)19-12-5-13(20)14(21)6-15(12)22-10-23-19/h5-7,10-11H,2-4,8-9H2,1H3,(H,24,26)(H,25,28)/t11-/m0/s1. The van der Waals surface area contributed by atoms with Crippen molar-refractivity contribution in [2.75, 3.05) is 37.0 Å². The van der Waals surface area contributed by atoms with Crippen molar-refractivity contribution >= 4 is 28.3 Å². The van der Waals surface area contributed by atoms with E-state index in [1.807, 2.05) is 4.90 Å². The lowest BCUT2D eigenvalue weighted by atomic mass is 9.93. The molecule has 2 N–H and O–H groups in total. The van der Waals surface area contributed by atoms with Gasteiger partial charge in [-0.2, -0.15) is 5.10 Å². The summed E-state index contributed by atoms with van der Waals surface area (Å²) in [6.45, 7) is 1.26. The van der Waals surface area contributed by atoms with Gasteiger partial charge in [0.25, 0.3) is 0 Å². The minimum Gasteiger partial charge on any atom is -0.375 e. The predicted octanol–water partition coefficient (Wildman–Crippen LogP) is 2.60. The molecule has 1 atom stereocenters. The number of hydrogen-bond acceptors (Lipinski definition) is 6. The molecule has 4 rings (SSSR count). The van der Waals surface area contributed by atoms with Crippen LogP contribution in [-0.2, 0) is 9.53 Å². The number of H-pyrrole nitrogens is 1. The Balaban J connectivity index is 1.60. The van der Waals surface area contributed by atoms with Crippen LogP contribution in [0.15, 0.2) is 24.7 Å². The molecule has 1 aliphatic heterocycles. The lowest BCUT2D eigenvalue weighted by Crippen LogP contribution is -2.35. The van der Waals surface area contributed by atoms with Crippen molar-refractivity contribution < 1.29 is 18.3 Å². The van der Waals surface area contributed by atoms with Gasteiger partial charge in [-0.05, 0) is 18.9 Å². The summed E-state index contributed by atoms with van der Waals surface area (Å²) in [5.74, 6) is -1.52. The number of carbonyl (C=O) groups is 1. The van der Waals surface area contributed by atoms with Gasteiger partial charge in [-0.3, -0.25) is 9.89 Å². The Morgan fingerprint density at radius 2 is 2.17 bits per heavy atom. The molecule has 8 nitrogen and oxygen atoms in total. The van der Waals surface area contributed by atoms with Crippen LogP contribution in [0.1, 0.15) is 24.5 Å². The minimum absolute atomic E-state index is 0.0452. The van der Waals surface area contributed by atoms with E-state index < -0.39 is 11.6 Å². The fourth-order valence-electron chi connectivity index (χ4n) is 3.72. The average molecular weight is 402 g/mol. The molecule has 1 aliphatic rings. The number of carbonyl (C=O) groups excluding carboxylic acids is 1. The topological polar surface area (TPSA) is 96.0 Å². The number of nitrogens with one attached hydrogen (secondary N) is 2. The molecule has 0 aliphatic carbocycles. The number of rotatable bonds is 5. The van der Waals surface area contributed by atoms with Crippen molar-refractivity contribution in [2.45, 2.75) is 18.8 Å². The number of hydrogen-bond donors (Lipinski definition) is 2. The van der Waals surface area contributed by atoms with E-state index in [2.05, 4.69) is 25.5 Å². The molecule has 3 aromatic rings. The lowest BCUT2D eigenvalue weighted by molar-refractivity contribution is -0.119. The number of aromatic amines is 1. The summed E-state index contributed by atoms with van der Waals surface area (Å²) in [7, 11) is 1.45. The van der Waals surface area contributed by atoms with Crippen LogP contribution in [0.4, 0.5) is 20.3 Å². The van der Waals surface area contributed by atoms with Crippen molar-refractivity contribution in [1.29, 1.82) is 0 Å². The molecule has 1 fully saturated rings. The first-order valence-electron chi connectivity index (χ1n) is 9.23. The number of halogens is 2. The number of piperidine rings is 1. The van der Waals surface area contributed by atoms with Crippen LogP contribution in [0, 0.1) is 11.6 Å². The quantitative estimate of drug-likeness (QED) is 0.681. The Kier molecular flexibility index (Phi) is 5.34. The van der Waals surface area contributed by atoms with Gasteiger partial charge in [0.2, 0.25) is 5.91 Å². The zero-order valence-electron chi connectivity index (χ0n) is 15.8. The highest BCUT2D eigenvalue weighted by Gasteiger charge is 2.27. The first-order chi connectivity index (χ1) is 14.1. The summed E-state index contributed by atoms with van der Waals surface area (Å²) in [6.07, 6.45) is 4.67. The molecule has 1 aromatic carbocycles. The Hall–Kier alpha value is -3.14. The van der Waals surface area contributed by atoms with E-state index in [1.165, 1.54) is 13.4 Å². The van der Waals surface area contributed by atoms with E-state index in [1.54, 1.807) is 6.20 Å². The van der Waals surface area contributed by atoms with Crippen LogP contribution >= 0.6 is 0 Å². The number of fused-ring (bicyclic) bond motifs is 1. The molecule has 0 saturated carbocycles. The van der Waals surface area contributed by atoms with Gasteiger partial charge in [-0.25, -0.2) is 18.7 Å². The van der Waals surface area contributed by atoms with Crippen molar-refractivity contribution in [3.8, 4) is 0 Å². The molecule has 2 aromatic heterocycles. The number of anilines is 2. The maximum Gasteiger partial charge on any atom is 0.250 e. The zero-order valence-corrected chi connectivity index (χ0v) is 15.8. The van der Waals surface area contributed by atoms with Crippen LogP contribution in [0.5, 0.6) is 0 Å². The van der Waals surface area contributed by atoms with Crippen molar-refractivity contribution in [1.82, 2.24) is 20.2 Å². The number of aromatic nitrogens is 4. The van der Waals surface area contributed by atoms with E-state index >= 15 is 0 Å². The van der Waals surface area contributed by atoms with E-state index in [0.717, 1.165) is 37.2 Å². The van der Waals surface area contributed by atoms with Gasteiger partial charge in [-0.1, -0.05) is 0 Å². The second-order valence-corrected chi connectivity index (χ2v) is 6.94. The number of methoxy groups -OCH3 is 1. The van der Waals surface area contributed by atoms with E-state index in [9.17, 15) is 13.6 Å². The van der Waals surface area contributed by atoms with Gasteiger partial charge in [0, 0.05) is 37.6 Å². The van der Waals surface area contributed by atoms with Gasteiger partial charge in [0.1, 0.15) is 18.8 Å². The normalized spacial score (nSPS) is 16.9. The molecular weight excluding hydrogens is 382 g/mol. The van der Waals surface area contributed by atoms with Gasteiger partial charge < -0.3 is 15.0 Å². The van der Waals surface area contributed by atoms with Gasteiger partial charge in [0.15, 0.2) is 11.6 Å². The lowest BCUT2D eigenvalue weighted by Gasteiger charge is -2.34. The molecule has 1 amide bonds. The maximum absolute atomic E-state index is 13.8. The molecular formula is C19H20F2N6O2. The number of ether oxygens (including phenoxy) is 1. The van der Waals surface area contributed by atoms with Crippen molar-refractivity contribution in [3.63, 3.8) is 0 Å². The zero-order chi connectivity index (χ0) is 20.4. The monoisotopic (exact) mass is 402 g/mol. The molecule has 10 heteroatoms.